The Hall–Kier alpha value is -0.0400. The fourth-order valence-electron chi connectivity index (χ4n) is 3.14. The summed E-state index contributed by atoms with van der Waals surface area (Å²) < 4.78 is 0. The van der Waals surface area contributed by atoms with Crippen LogP contribution in [0.5, 0.6) is 0 Å². The van der Waals surface area contributed by atoms with Gasteiger partial charge in [-0.15, -0.1) is 0 Å². The summed E-state index contributed by atoms with van der Waals surface area (Å²) in [6.07, 6.45) is 10.6. The zero-order valence-corrected chi connectivity index (χ0v) is 9.60. The molecule has 0 aliphatic heterocycles. The second-order valence-electron chi connectivity index (χ2n) is 5.21. The summed E-state index contributed by atoms with van der Waals surface area (Å²) in [7, 11) is 0. The summed E-state index contributed by atoms with van der Waals surface area (Å²) in [4.78, 5) is 0. The van der Waals surface area contributed by atoms with Crippen LogP contribution in [-0.2, 0) is 0 Å². The quantitative estimate of drug-likeness (QED) is 0.679. The van der Waals surface area contributed by atoms with E-state index in [4.69, 9.17) is 0 Å². The summed E-state index contributed by atoms with van der Waals surface area (Å²) in [6, 6.07) is 0. The van der Waals surface area contributed by atoms with Gasteiger partial charge in [0.05, 0.1) is 0 Å². The van der Waals surface area contributed by atoms with E-state index in [1.165, 1.54) is 51.5 Å². The Kier molecular flexibility index (Phi) is 3.86. The molecule has 0 bridgehead atoms. The van der Waals surface area contributed by atoms with E-state index >= 15 is 0 Å². The third-order valence-electron chi connectivity index (χ3n) is 4.10. The maximum atomic E-state index is 3.56. The summed E-state index contributed by atoms with van der Waals surface area (Å²) >= 11 is 0. The Bertz CT molecular complexity index is 163. The van der Waals surface area contributed by atoms with Gasteiger partial charge in [-0.3, -0.25) is 0 Å². The largest absolute Gasteiger partial charge is 0.317 e. The third-order valence-corrected chi connectivity index (χ3v) is 4.10. The van der Waals surface area contributed by atoms with Crippen LogP contribution in [0.3, 0.4) is 0 Å². The number of hydrogen-bond donors (Lipinski definition) is 1. The topological polar surface area (TPSA) is 12.0 Å². The van der Waals surface area contributed by atoms with Gasteiger partial charge in [0.1, 0.15) is 0 Å². The lowest BCUT2D eigenvalue weighted by Crippen LogP contribution is -2.28. The zero-order chi connectivity index (χ0) is 9.80. The van der Waals surface area contributed by atoms with Crippen molar-refractivity contribution in [2.24, 2.45) is 17.8 Å². The average molecular weight is 195 g/mol. The Morgan fingerprint density at radius 3 is 2.50 bits per heavy atom. The van der Waals surface area contributed by atoms with Crippen molar-refractivity contribution in [3.05, 3.63) is 0 Å². The van der Waals surface area contributed by atoms with Crippen molar-refractivity contribution in [2.45, 2.75) is 51.9 Å². The highest BCUT2D eigenvalue weighted by Gasteiger charge is 2.36. The van der Waals surface area contributed by atoms with Gasteiger partial charge in [0.25, 0.3) is 0 Å². The first-order chi connectivity index (χ1) is 6.92. The fourth-order valence-corrected chi connectivity index (χ4v) is 3.14. The molecule has 1 heteroatoms. The molecule has 2 aliphatic rings. The summed E-state index contributed by atoms with van der Waals surface area (Å²) in [5.41, 5.74) is 0. The lowest BCUT2D eigenvalue weighted by Gasteiger charge is -2.25. The molecule has 2 saturated carbocycles. The molecule has 2 rings (SSSR count). The molecule has 0 heterocycles. The molecule has 2 atom stereocenters. The monoisotopic (exact) mass is 195 g/mol. The van der Waals surface area contributed by atoms with Crippen molar-refractivity contribution in [3.63, 3.8) is 0 Å². The van der Waals surface area contributed by atoms with E-state index in [0.29, 0.717) is 0 Å². The van der Waals surface area contributed by atoms with E-state index in [1.54, 1.807) is 0 Å². The second-order valence-corrected chi connectivity index (χ2v) is 5.21. The molecule has 82 valence electrons. The van der Waals surface area contributed by atoms with E-state index in [9.17, 15) is 0 Å². The van der Waals surface area contributed by atoms with Gasteiger partial charge in [0, 0.05) is 0 Å². The molecule has 0 amide bonds. The van der Waals surface area contributed by atoms with Gasteiger partial charge >= 0.3 is 0 Å². The zero-order valence-electron chi connectivity index (χ0n) is 9.60. The van der Waals surface area contributed by atoms with Crippen molar-refractivity contribution in [3.8, 4) is 0 Å². The van der Waals surface area contributed by atoms with Crippen LogP contribution < -0.4 is 5.32 Å². The summed E-state index contributed by atoms with van der Waals surface area (Å²) in [6.45, 7) is 4.66. The highest BCUT2D eigenvalue weighted by Crippen LogP contribution is 2.45. The van der Waals surface area contributed by atoms with E-state index in [-0.39, 0.29) is 0 Å². The molecule has 1 nitrogen and oxygen atoms in total. The van der Waals surface area contributed by atoms with Gasteiger partial charge in [0.2, 0.25) is 0 Å². The minimum atomic E-state index is 1.00. The molecule has 14 heavy (non-hydrogen) atoms. The molecular weight excluding hydrogens is 170 g/mol. The van der Waals surface area contributed by atoms with E-state index in [2.05, 4.69) is 12.2 Å². The van der Waals surface area contributed by atoms with E-state index in [0.717, 1.165) is 24.3 Å². The molecule has 0 aromatic carbocycles. The Morgan fingerprint density at radius 2 is 1.79 bits per heavy atom. The van der Waals surface area contributed by atoms with Crippen LogP contribution in [0.15, 0.2) is 0 Å². The number of nitrogens with one attached hydrogen (secondary N) is 1. The molecule has 2 unspecified atom stereocenters. The van der Waals surface area contributed by atoms with Gasteiger partial charge in [-0.1, -0.05) is 26.2 Å². The maximum absolute atomic E-state index is 3.56. The van der Waals surface area contributed by atoms with Crippen LogP contribution in [0.4, 0.5) is 0 Å². The van der Waals surface area contributed by atoms with Crippen LogP contribution >= 0.6 is 0 Å². The molecule has 2 aliphatic carbocycles. The Morgan fingerprint density at radius 1 is 1.00 bits per heavy atom. The van der Waals surface area contributed by atoms with Gasteiger partial charge in [0.15, 0.2) is 0 Å². The van der Waals surface area contributed by atoms with Gasteiger partial charge < -0.3 is 5.32 Å². The van der Waals surface area contributed by atoms with Crippen molar-refractivity contribution in [1.82, 2.24) is 5.32 Å². The highest BCUT2D eigenvalue weighted by molar-refractivity contribution is 4.87. The molecule has 1 N–H and O–H groups in total. The molecule has 0 saturated heterocycles. The second kappa shape index (κ2) is 5.16. The van der Waals surface area contributed by atoms with E-state index < -0.39 is 0 Å². The molecule has 0 aromatic heterocycles. The lowest BCUT2D eigenvalue weighted by atomic mass is 9.84. The Balaban J connectivity index is 1.86. The third kappa shape index (κ3) is 2.73. The minimum absolute atomic E-state index is 1.00. The minimum Gasteiger partial charge on any atom is -0.317 e. The highest BCUT2D eigenvalue weighted by atomic mass is 14.8. The fraction of sp³-hybridized carbons (Fsp3) is 1.00. The van der Waals surface area contributed by atoms with Crippen LogP contribution in [0.1, 0.15) is 51.9 Å². The standard InChI is InChI=1S/C13H25N/c1-2-14-10-12-6-4-3-5-7-13(12)11-8-9-11/h11-14H,2-10H2,1H3. The van der Waals surface area contributed by atoms with Crippen molar-refractivity contribution in [2.75, 3.05) is 13.1 Å². The maximum Gasteiger partial charge on any atom is -0.00179 e. The molecule has 0 radical (unpaired) electrons. The molecular formula is C13H25N. The van der Waals surface area contributed by atoms with Gasteiger partial charge in [-0.05, 0) is 56.5 Å². The number of hydrogen-bond acceptors (Lipinski definition) is 1. The summed E-state index contributed by atoms with van der Waals surface area (Å²) in [5.74, 6) is 3.21. The van der Waals surface area contributed by atoms with Crippen LogP contribution in [0, 0.1) is 17.8 Å². The first kappa shape index (κ1) is 10.5. The SMILES string of the molecule is CCNCC1CCCCCC1C1CC1. The van der Waals surface area contributed by atoms with Crippen LogP contribution in [-0.4, -0.2) is 13.1 Å². The average Bonchev–Trinajstić information content (AvgIpc) is 3.01. The van der Waals surface area contributed by atoms with Crippen LogP contribution in [0.25, 0.3) is 0 Å². The molecule has 2 fully saturated rings. The lowest BCUT2D eigenvalue weighted by molar-refractivity contribution is 0.269. The normalized spacial score (nSPS) is 34.1. The predicted molar refractivity (Wildman–Crippen MR) is 61.3 cm³/mol. The summed E-state index contributed by atoms with van der Waals surface area (Å²) in [5, 5.41) is 3.56. The molecule has 0 aromatic rings. The first-order valence-corrected chi connectivity index (χ1v) is 6.62. The van der Waals surface area contributed by atoms with Crippen LogP contribution in [0.2, 0.25) is 0 Å². The first-order valence-electron chi connectivity index (χ1n) is 6.62. The Labute approximate surface area is 88.7 Å². The van der Waals surface area contributed by atoms with Crippen molar-refractivity contribution >= 4 is 0 Å². The molecule has 0 spiro atoms. The number of rotatable bonds is 4. The predicted octanol–water partition coefficient (Wildman–Crippen LogP) is 3.20. The van der Waals surface area contributed by atoms with Gasteiger partial charge in [-0.25, -0.2) is 0 Å². The van der Waals surface area contributed by atoms with Gasteiger partial charge in [-0.2, -0.15) is 0 Å². The van der Waals surface area contributed by atoms with E-state index in [1.807, 2.05) is 0 Å². The van der Waals surface area contributed by atoms with Crippen molar-refractivity contribution < 1.29 is 0 Å². The smallest absolute Gasteiger partial charge is 0.00179 e. The van der Waals surface area contributed by atoms with Crippen molar-refractivity contribution in [1.29, 1.82) is 0 Å².